The number of methoxy groups -OCH3 is 2. The van der Waals surface area contributed by atoms with Gasteiger partial charge in [-0.2, -0.15) is 4.98 Å². The normalized spacial score (nSPS) is 10.4. The Kier molecular flexibility index (Phi) is 6.92. The van der Waals surface area contributed by atoms with E-state index >= 15 is 0 Å². The lowest BCUT2D eigenvalue weighted by molar-refractivity contribution is 0.354. The second kappa shape index (κ2) is 9.80. The van der Waals surface area contributed by atoms with Gasteiger partial charge in [0.25, 0.3) is 0 Å². The van der Waals surface area contributed by atoms with Crippen LogP contribution in [0.2, 0.25) is 5.02 Å². The van der Waals surface area contributed by atoms with E-state index in [4.69, 9.17) is 21.1 Å². The molecule has 2 N–H and O–H groups in total. The minimum absolute atomic E-state index is 0.575. The Hall–Kier alpha value is -2.99. The van der Waals surface area contributed by atoms with E-state index in [9.17, 15) is 0 Å². The molecule has 0 fully saturated rings. The van der Waals surface area contributed by atoms with E-state index in [1.807, 2.05) is 48.5 Å². The summed E-state index contributed by atoms with van der Waals surface area (Å²) in [5.41, 5.74) is 2.26. The first-order valence-electron chi connectivity index (χ1n) is 8.94. The van der Waals surface area contributed by atoms with Crippen LogP contribution in [0.1, 0.15) is 11.1 Å². The summed E-state index contributed by atoms with van der Waals surface area (Å²) < 4.78 is 10.6. The number of rotatable bonds is 9. The molecule has 6 nitrogen and oxygen atoms in total. The van der Waals surface area contributed by atoms with E-state index < -0.39 is 0 Å². The third kappa shape index (κ3) is 5.50. The fourth-order valence-electron chi connectivity index (χ4n) is 2.70. The maximum atomic E-state index is 5.91. The van der Waals surface area contributed by atoms with Gasteiger partial charge in [-0.3, -0.25) is 0 Å². The summed E-state index contributed by atoms with van der Waals surface area (Å²) in [4.78, 5) is 8.75. The van der Waals surface area contributed by atoms with E-state index in [0.29, 0.717) is 12.5 Å². The lowest BCUT2D eigenvalue weighted by atomic mass is 10.1. The van der Waals surface area contributed by atoms with Gasteiger partial charge in [0.15, 0.2) is 11.5 Å². The highest BCUT2D eigenvalue weighted by atomic mass is 35.5. The minimum Gasteiger partial charge on any atom is -0.493 e. The Morgan fingerprint density at radius 3 is 2.39 bits per heavy atom. The Balaban J connectivity index is 1.52. The first-order valence-corrected chi connectivity index (χ1v) is 9.32. The Morgan fingerprint density at radius 2 is 1.64 bits per heavy atom. The van der Waals surface area contributed by atoms with Gasteiger partial charge in [0.1, 0.15) is 5.82 Å². The highest BCUT2D eigenvalue weighted by Crippen LogP contribution is 2.27. The summed E-state index contributed by atoms with van der Waals surface area (Å²) in [6.07, 6.45) is 2.56. The molecule has 7 heteroatoms. The quantitative estimate of drug-likeness (QED) is 0.556. The number of nitrogens with one attached hydrogen (secondary N) is 2. The molecule has 3 aromatic rings. The van der Waals surface area contributed by atoms with E-state index in [-0.39, 0.29) is 0 Å². The Morgan fingerprint density at radius 1 is 0.893 bits per heavy atom. The number of hydrogen-bond acceptors (Lipinski definition) is 6. The number of benzene rings is 2. The van der Waals surface area contributed by atoms with Gasteiger partial charge in [-0.1, -0.05) is 29.8 Å². The summed E-state index contributed by atoms with van der Waals surface area (Å²) in [7, 11) is 3.27. The number of ether oxygens (including phenoxy) is 2. The van der Waals surface area contributed by atoms with Crippen molar-refractivity contribution in [2.75, 3.05) is 31.4 Å². The molecule has 0 radical (unpaired) electrons. The van der Waals surface area contributed by atoms with Gasteiger partial charge in [0, 0.05) is 24.3 Å². The van der Waals surface area contributed by atoms with Crippen molar-refractivity contribution in [2.24, 2.45) is 0 Å². The highest BCUT2D eigenvalue weighted by Gasteiger charge is 2.05. The zero-order chi connectivity index (χ0) is 19.8. The first-order chi connectivity index (χ1) is 13.7. The molecular weight excluding hydrogens is 376 g/mol. The summed E-state index contributed by atoms with van der Waals surface area (Å²) >= 11 is 5.91. The van der Waals surface area contributed by atoms with Crippen LogP contribution in [0.15, 0.2) is 54.7 Å². The van der Waals surface area contributed by atoms with E-state index in [0.717, 1.165) is 46.4 Å². The van der Waals surface area contributed by atoms with Gasteiger partial charge in [-0.15, -0.1) is 0 Å². The monoisotopic (exact) mass is 398 g/mol. The SMILES string of the molecule is COc1ccc(CCNc2ccnc(NCc3ccc(Cl)cc3)n2)cc1OC. The van der Waals surface area contributed by atoms with Gasteiger partial charge < -0.3 is 20.1 Å². The van der Waals surface area contributed by atoms with Crippen LogP contribution in [0, 0.1) is 0 Å². The lowest BCUT2D eigenvalue weighted by Crippen LogP contribution is -2.09. The van der Waals surface area contributed by atoms with Gasteiger partial charge in [-0.05, 0) is 47.9 Å². The fraction of sp³-hybridized carbons (Fsp3) is 0.238. The highest BCUT2D eigenvalue weighted by molar-refractivity contribution is 6.30. The second-order valence-electron chi connectivity index (χ2n) is 6.11. The van der Waals surface area contributed by atoms with Crippen molar-refractivity contribution >= 4 is 23.4 Å². The molecule has 0 bridgehead atoms. The molecule has 28 heavy (non-hydrogen) atoms. The molecule has 0 saturated carbocycles. The predicted octanol–water partition coefficient (Wildman–Crippen LogP) is 4.41. The molecule has 0 aliphatic heterocycles. The van der Waals surface area contributed by atoms with Gasteiger partial charge >= 0.3 is 0 Å². The van der Waals surface area contributed by atoms with Crippen molar-refractivity contribution in [1.29, 1.82) is 0 Å². The maximum absolute atomic E-state index is 5.91. The van der Waals surface area contributed by atoms with Crippen LogP contribution in [0.25, 0.3) is 0 Å². The largest absolute Gasteiger partial charge is 0.493 e. The van der Waals surface area contributed by atoms with Crippen LogP contribution >= 0.6 is 11.6 Å². The van der Waals surface area contributed by atoms with Crippen LogP contribution < -0.4 is 20.1 Å². The number of halogens is 1. The molecule has 0 atom stereocenters. The third-order valence-corrected chi connectivity index (χ3v) is 4.44. The van der Waals surface area contributed by atoms with Crippen molar-refractivity contribution < 1.29 is 9.47 Å². The number of aromatic nitrogens is 2. The number of hydrogen-bond donors (Lipinski definition) is 2. The number of nitrogens with zero attached hydrogens (tertiary/aromatic N) is 2. The standard InChI is InChI=1S/C21H23ClN4O2/c1-27-18-8-5-15(13-19(18)28-2)9-11-23-20-10-12-24-21(26-20)25-14-16-3-6-17(22)7-4-16/h3-8,10,12-13H,9,11,14H2,1-2H3,(H2,23,24,25,26). The molecule has 0 saturated heterocycles. The Labute approximate surface area is 169 Å². The second-order valence-corrected chi connectivity index (χ2v) is 6.55. The summed E-state index contributed by atoms with van der Waals surface area (Å²) in [5, 5.41) is 7.27. The van der Waals surface area contributed by atoms with E-state index in [1.165, 1.54) is 0 Å². The van der Waals surface area contributed by atoms with Crippen molar-refractivity contribution in [3.63, 3.8) is 0 Å². The predicted molar refractivity (Wildman–Crippen MR) is 113 cm³/mol. The molecule has 3 rings (SSSR count). The van der Waals surface area contributed by atoms with Crippen LogP contribution in [0.4, 0.5) is 11.8 Å². The molecule has 0 unspecified atom stereocenters. The number of anilines is 2. The molecule has 146 valence electrons. The van der Waals surface area contributed by atoms with E-state index in [1.54, 1.807) is 20.4 Å². The average Bonchev–Trinajstić information content (AvgIpc) is 2.73. The summed E-state index contributed by atoms with van der Waals surface area (Å²) in [6, 6.07) is 15.5. The smallest absolute Gasteiger partial charge is 0.224 e. The van der Waals surface area contributed by atoms with E-state index in [2.05, 4.69) is 20.6 Å². The Bertz CT molecular complexity index is 903. The minimum atomic E-state index is 0.575. The summed E-state index contributed by atoms with van der Waals surface area (Å²) in [6.45, 7) is 1.37. The van der Waals surface area contributed by atoms with Gasteiger partial charge in [-0.25, -0.2) is 4.98 Å². The van der Waals surface area contributed by atoms with Crippen LogP contribution in [0.5, 0.6) is 11.5 Å². The third-order valence-electron chi connectivity index (χ3n) is 4.19. The molecule has 0 aliphatic rings. The summed E-state index contributed by atoms with van der Waals surface area (Å²) in [5.74, 6) is 2.81. The molecular formula is C21H23ClN4O2. The van der Waals surface area contributed by atoms with Crippen molar-refractivity contribution in [3.8, 4) is 11.5 Å². The van der Waals surface area contributed by atoms with Crippen molar-refractivity contribution in [3.05, 3.63) is 70.9 Å². The average molecular weight is 399 g/mol. The molecule has 1 heterocycles. The fourth-order valence-corrected chi connectivity index (χ4v) is 2.82. The molecule has 2 aromatic carbocycles. The zero-order valence-corrected chi connectivity index (χ0v) is 16.7. The zero-order valence-electron chi connectivity index (χ0n) is 15.9. The molecule has 1 aromatic heterocycles. The van der Waals surface area contributed by atoms with Crippen LogP contribution in [0.3, 0.4) is 0 Å². The van der Waals surface area contributed by atoms with Gasteiger partial charge in [0.2, 0.25) is 5.95 Å². The van der Waals surface area contributed by atoms with Crippen molar-refractivity contribution in [1.82, 2.24) is 9.97 Å². The topological polar surface area (TPSA) is 68.3 Å². The van der Waals surface area contributed by atoms with Crippen LogP contribution in [-0.4, -0.2) is 30.7 Å². The van der Waals surface area contributed by atoms with Crippen LogP contribution in [-0.2, 0) is 13.0 Å². The maximum Gasteiger partial charge on any atom is 0.224 e. The van der Waals surface area contributed by atoms with Crippen molar-refractivity contribution in [2.45, 2.75) is 13.0 Å². The molecule has 0 amide bonds. The lowest BCUT2D eigenvalue weighted by Gasteiger charge is -2.11. The molecule has 0 aliphatic carbocycles. The van der Waals surface area contributed by atoms with Gasteiger partial charge in [0.05, 0.1) is 14.2 Å². The molecule has 0 spiro atoms. The first kappa shape index (κ1) is 19.8.